The quantitative estimate of drug-likeness (QED) is 0.866. The van der Waals surface area contributed by atoms with Crippen LogP contribution in [0.1, 0.15) is 51.1 Å². The van der Waals surface area contributed by atoms with Crippen molar-refractivity contribution >= 4 is 21.8 Å². The molecule has 0 radical (unpaired) electrons. The van der Waals surface area contributed by atoms with Gasteiger partial charge >= 0.3 is 0 Å². The number of hydrogen-bond acceptors (Lipinski definition) is 2. The maximum Gasteiger partial charge on any atom is 0.241 e. The first-order chi connectivity index (χ1) is 10.9. The van der Waals surface area contributed by atoms with Crippen LogP contribution >= 0.6 is 15.9 Å². The standard InChI is InChI=1S/C18H26BrN3O/c1-11-16(19)9-22(21-11)10-17(23)20-12(2)18-6-13-3-14(7-18)5-15(4-13)8-18/h9,12-15H,3-8,10H2,1-2H3,(H,20,23). The molecule has 0 spiro atoms. The third-order valence-corrected chi connectivity index (χ3v) is 7.35. The zero-order valence-electron chi connectivity index (χ0n) is 14.0. The Morgan fingerprint density at radius 1 is 1.35 bits per heavy atom. The molecule has 5 heteroatoms. The first kappa shape index (κ1) is 15.7. The molecule has 4 saturated carbocycles. The van der Waals surface area contributed by atoms with Crippen LogP contribution in [0.3, 0.4) is 0 Å². The smallest absolute Gasteiger partial charge is 0.241 e. The summed E-state index contributed by atoms with van der Waals surface area (Å²) in [4.78, 5) is 12.4. The van der Waals surface area contributed by atoms with Crippen molar-refractivity contribution in [3.8, 4) is 0 Å². The summed E-state index contributed by atoms with van der Waals surface area (Å²) in [6.45, 7) is 4.48. The van der Waals surface area contributed by atoms with Crippen molar-refractivity contribution in [2.45, 2.75) is 65.0 Å². The molecular formula is C18H26BrN3O. The molecule has 23 heavy (non-hydrogen) atoms. The van der Waals surface area contributed by atoms with Gasteiger partial charge in [0.25, 0.3) is 0 Å². The highest BCUT2D eigenvalue weighted by molar-refractivity contribution is 9.10. The third-order valence-electron chi connectivity index (χ3n) is 6.57. The number of carbonyl (C=O) groups is 1. The molecular weight excluding hydrogens is 354 g/mol. The van der Waals surface area contributed by atoms with Gasteiger partial charge in [-0.05, 0) is 91.5 Å². The summed E-state index contributed by atoms with van der Waals surface area (Å²) in [6.07, 6.45) is 10.2. The van der Waals surface area contributed by atoms with Gasteiger partial charge in [-0.25, -0.2) is 0 Å². The molecule has 1 aromatic heterocycles. The van der Waals surface area contributed by atoms with Crippen LogP contribution in [0.15, 0.2) is 10.7 Å². The average Bonchev–Trinajstić information content (AvgIpc) is 2.75. The predicted octanol–water partition coefficient (Wildman–Crippen LogP) is 3.68. The Morgan fingerprint density at radius 2 is 1.91 bits per heavy atom. The van der Waals surface area contributed by atoms with E-state index in [-0.39, 0.29) is 11.9 Å². The van der Waals surface area contributed by atoms with Gasteiger partial charge in [0.15, 0.2) is 0 Å². The number of rotatable bonds is 4. The number of hydrogen-bond donors (Lipinski definition) is 1. The largest absolute Gasteiger partial charge is 0.351 e. The van der Waals surface area contributed by atoms with Crippen LogP contribution in [0.4, 0.5) is 0 Å². The Balaban J connectivity index is 1.41. The van der Waals surface area contributed by atoms with Crippen molar-refractivity contribution in [3.05, 3.63) is 16.4 Å². The van der Waals surface area contributed by atoms with Crippen molar-refractivity contribution in [1.29, 1.82) is 0 Å². The Morgan fingerprint density at radius 3 is 2.39 bits per heavy atom. The summed E-state index contributed by atoms with van der Waals surface area (Å²) in [7, 11) is 0. The molecule has 0 aromatic carbocycles. The van der Waals surface area contributed by atoms with Crippen molar-refractivity contribution in [2.24, 2.45) is 23.2 Å². The van der Waals surface area contributed by atoms with Gasteiger partial charge in [-0.1, -0.05) is 0 Å². The molecule has 126 valence electrons. The number of aromatic nitrogens is 2. The van der Waals surface area contributed by atoms with Crippen LogP contribution in [-0.4, -0.2) is 21.7 Å². The highest BCUT2D eigenvalue weighted by Gasteiger charge is 2.53. The molecule has 1 heterocycles. The van der Waals surface area contributed by atoms with E-state index < -0.39 is 0 Å². The summed E-state index contributed by atoms with van der Waals surface area (Å²) in [6, 6.07) is 0.281. The lowest BCUT2D eigenvalue weighted by molar-refractivity contribution is -0.126. The molecule has 4 fully saturated rings. The minimum Gasteiger partial charge on any atom is -0.351 e. The molecule has 4 nitrogen and oxygen atoms in total. The first-order valence-electron chi connectivity index (χ1n) is 8.92. The Kier molecular flexibility index (Phi) is 3.82. The predicted molar refractivity (Wildman–Crippen MR) is 92.9 cm³/mol. The number of carbonyl (C=O) groups excluding carboxylic acids is 1. The van der Waals surface area contributed by atoms with Crippen molar-refractivity contribution in [2.75, 3.05) is 0 Å². The summed E-state index contributed by atoms with van der Waals surface area (Å²) in [5.41, 5.74) is 1.29. The fourth-order valence-corrected chi connectivity index (χ4v) is 6.19. The fourth-order valence-electron chi connectivity index (χ4n) is 5.87. The molecule has 0 aliphatic heterocycles. The van der Waals surface area contributed by atoms with E-state index in [1.165, 1.54) is 38.5 Å². The fraction of sp³-hybridized carbons (Fsp3) is 0.778. The monoisotopic (exact) mass is 379 g/mol. The Hall–Kier alpha value is -0.840. The van der Waals surface area contributed by atoms with Crippen LogP contribution < -0.4 is 5.32 Å². The van der Waals surface area contributed by atoms with Crippen LogP contribution in [0.25, 0.3) is 0 Å². The second-order valence-corrected chi connectivity index (χ2v) is 9.18. The minimum atomic E-state index is 0.0863. The molecule has 1 atom stereocenters. The second-order valence-electron chi connectivity index (χ2n) is 8.33. The molecule has 1 unspecified atom stereocenters. The Bertz CT molecular complexity index is 569. The Labute approximate surface area is 146 Å². The topological polar surface area (TPSA) is 46.9 Å². The third kappa shape index (κ3) is 2.86. The minimum absolute atomic E-state index is 0.0863. The zero-order chi connectivity index (χ0) is 16.2. The highest BCUT2D eigenvalue weighted by Crippen LogP contribution is 2.61. The summed E-state index contributed by atoms with van der Waals surface area (Å²) < 4.78 is 2.68. The number of nitrogens with one attached hydrogen (secondary N) is 1. The summed E-state index contributed by atoms with van der Waals surface area (Å²) in [5.74, 6) is 2.85. The van der Waals surface area contributed by atoms with Gasteiger partial charge in [0.2, 0.25) is 5.91 Å². The van der Waals surface area contributed by atoms with Crippen molar-refractivity contribution in [1.82, 2.24) is 15.1 Å². The summed E-state index contributed by atoms with van der Waals surface area (Å²) in [5, 5.41) is 7.66. The van der Waals surface area contributed by atoms with Crippen LogP contribution in [-0.2, 0) is 11.3 Å². The van der Waals surface area contributed by atoms with E-state index in [9.17, 15) is 4.79 Å². The molecule has 4 bridgehead atoms. The van der Waals surface area contributed by atoms with E-state index in [1.807, 2.05) is 13.1 Å². The van der Waals surface area contributed by atoms with E-state index >= 15 is 0 Å². The maximum absolute atomic E-state index is 12.4. The van der Waals surface area contributed by atoms with Crippen LogP contribution in [0.5, 0.6) is 0 Å². The van der Waals surface area contributed by atoms with Gasteiger partial charge in [-0.15, -0.1) is 0 Å². The van der Waals surface area contributed by atoms with Crippen LogP contribution in [0, 0.1) is 30.1 Å². The van der Waals surface area contributed by atoms with E-state index in [1.54, 1.807) is 4.68 Å². The average molecular weight is 380 g/mol. The highest BCUT2D eigenvalue weighted by atomic mass is 79.9. The van der Waals surface area contributed by atoms with E-state index in [4.69, 9.17) is 0 Å². The zero-order valence-corrected chi connectivity index (χ0v) is 15.6. The lowest BCUT2D eigenvalue weighted by Gasteiger charge is -2.59. The van der Waals surface area contributed by atoms with Crippen LogP contribution in [0.2, 0.25) is 0 Å². The molecule has 1 amide bonds. The number of amides is 1. The van der Waals surface area contributed by atoms with E-state index in [2.05, 4.69) is 33.3 Å². The first-order valence-corrected chi connectivity index (χ1v) is 9.72. The molecule has 4 aliphatic rings. The maximum atomic E-state index is 12.4. The second kappa shape index (κ2) is 5.61. The van der Waals surface area contributed by atoms with E-state index in [0.29, 0.717) is 12.0 Å². The number of halogens is 1. The van der Waals surface area contributed by atoms with Gasteiger partial charge in [-0.2, -0.15) is 5.10 Å². The SMILES string of the molecule is Cc1nn(CC(=O)NC(C)C23CC4CC(CC(C4)C2)C3)cc1Br. The van der Waals surface area contributed by atoms with Gasteiger partial charge in [-0.3, -0.25) is 9.48 Å². The lowest BCUT2D eigenvalue weighted by atomic mass is 9.48. The normalized spacial score (nSPS) is 36.2. The number of aryl methyl sites for hydroxylation is 1. The van der Waals surface area contributed by atoms with E-state index in [0.717, 1.165) is 27.9 Å². The summed E-state index contributed by atoms with van der Waals surface area (Å²) >= 11 is 3.45. The molecule has 1 aromatic rings. The van der Waals surface area contributed by atoms with Crippen molar-refractivity contribution in [3.63, 3.8) is 0 Å². The molecule has 1 N–H and O–H groups in total. The van der Waals surface area contributed by atoms with Gasteiger partial charge < -0.3 is 5.32 Å². The van der Waals surface area contributed by atoms with Gasteiger partial charge in [0.05, 0.1) is 10.2 Å². The molecule has 0 saturated heterocycles. The lowest BCUT2D eigenvalue weighted by Crippen LogP contribution is -2.56. The molecule has 4 aliphatic carbocycles. The molecule has 5 rings (SSSR count). The van der Waals surface area contributed by atoms with Gasteiger partial charge in [0, 0.05) is 12.2 Å². The van der Waals surface area contributed by atoms with Crippen molar-refractivity contribution < 1.29 is 4.79 Å². The number of nitrogens with zero attached hydrogens (tertiary/aromatic N) is 2. The van der Waals surface area contributed by atoms with Gasteiger partial charge in [0.1, 0.15) is 6.54 Å².